The number of rotatable bonds is 13. The monoisotopic (exact) mass is 481 g/mol. The summed E-state index contributed by atoms with van der Waals surface area (Å²) in [6, 6.07) is 18.9. The Morgan fingerprint density at radius 1 is 0.714 bits per heavy atom. The topological polar surface area (TPSA) is 96.5 Å². The van der Waals surface area contributed by atoms with E-state index in [1.807, 2.05) is 36.4 Å². The van der Waals surface area contributed by atoms with Crippen molar-refractivity contribution >= 4 is 17.9 Å². The summed E-state index contributed by atoms with van der Waals surface area (Å²) in [7, 11) is 0. The molecule has 0 spiro atoms. The van der Waals surface area contributed by atoms with Crippen LogP contribution in [0.5, 0.6) is 0 Å². The molecule has 7 heteroatoms. The molecule has 0 heterocycles. The van der Waals surface area contributed by atoms with Gasteiger partial charge in [-0.1, -0.05) is 60.7 Å². The Bertz CT molecular complexity index is 849. The molecule has 0 aliphatic carbocycles. The highest BCUT2D eigenvalue weighted by atomic mass is 16.6. The lowest BCUT2D eigenvalue weighted by atomic mass is 10.1. The maximum atomic E-state index is 12.8. The summed E-state index contributed by atoms with van der Waals surface area (Å²) in [5.74, 6) is -1.09. The number of hydrogen-bond acceptors (Lipinski definition) is 4. The van der Waals surface area contributed by atoms with Gasteiger partial charge in [-0.25, -0.2) is 4.79 Å². The molecule has 7 nitrogen and oxygen atoms in total. The van der Waals surface area contributed by atoms with Gasteiger partial charge in [0.1, 0.15) is 5.60 Å². The van der Waals surface area contributed by atoms with Crippen LogP contribution in [-0.4, -0.2) is 42.6 Å². The van der Waals surface area contributed by atoms with Gasteiger partial charge in [-0.05, 0) is 70.4 Å². The number of alkyl carbamates (subject to hydrolysis) is 1. The van der Waals surface area contributed by atoms with E-state index in [0.717, 1.165) is 38.5 Å². The third kappa shape index (κ3) is 12.1. The van der Waals surface area contributed by atoms with Crippen LogP contribution in [-0.2, 0) is 27.2 Å². The number of ether oxygens (including phenoxy) is 1. The fourth-order valence-electron chi connectivity index (χ4n) is 3.50. The average Bonchev–Trinajstić information content (AvgIpc) is 2.82. The van der Waals surface area contributed by atoms with E-state index >= 15 is 0 Å². The largest absolute Gasteiger partial charge is 0.444 e. The number of unbranched alkanes of at least 4 members (excludes halogenated alkanes) is 2. The van der Waals surface area contributed by atoms with E-state index < -0.39 is 29.6 Å². The van der Waals surface area contributed by atoms with Gasteiger partial charge in [-0.3, -0.25) is 9.59 Å². The van der Waals surface area contributed by atoms with Crippen molar-refractivity contribution in [3.8, 4) is 0 Å². The molecule has 0 radical (unpaired) electrons. The number of benzene rings is 2. The van der Waals surface area contributed by atoms with E-state index in [1.165, 1.54) is 11.1 Å². The molecule has 35 heavy (non-hydrogen) atoms. The predicted molar refractivity (Wildman–Crippen MR) is 138 cm³/mol. The zero-order valence-corrected chi connectivity index (χ0v) is 21.1. The molecule has 0 aliphatic rings. The van der Waals surface area contributed by atoms with Gasteiger partial charge in [0.2, 0.25) is 0 Å². The van der Waals surface area contributed by atoms with Crippen LogP contribution in [0.4, 0.5) is 4.79 Å². The molecule has 3 amide bonds. The highest BCUT2D eigenvalue weighted by Crippen LogP contribution is 2.08. The fraction of sp³-hybridized carbons (Fsp3) is 0.464. The summed E-state index contributed by atoms with van der Waals surface area (Å²) >= 11 is 0. The number of nitrogens with one attached hydrogen (secondary N) is 3. The van der Waals surface area contributed by atoms with Crippen LogP contribution < -0.4 is 16.0 Å². The molecule has 3 N–H and O–H groups in total. The van der Waals surface area contributed by atoms with Crippen LogP contribution in [0.3, 0.4) is 0 Å². The summed E-state index contributed by atoms with van der Waals surface area (Å²) in [5.41, 5.74) is 1.75. The lowest BCUT2D eigenvalue weighted by Crippen LogP contribution is -2.56. The molecular weight excluding hydrogens is 442 g/mol. The number of amides is 3. The Morgan fingerprint density at radius 2 is 1.14 bits per heavy atom. The molecule has 2 aromatic carbocycles. The summed E-state index contributed by atoms with van der Waals surface area (Å²) in [6.45, 7) is 6.01. The normalized spacial score (nSPS) is 11.1. The first-order chi connectivity index (χ1) is 16.7. The average molecular weight is 482 g/mol. The van der Waals surface area contributed by atoms with E-state index in [1.54, 1.807) is 20.8 Å². The lowest BCUT2D eigenvalue weighted by molar-refractivity contribution is -0.132. The molecule has 2 rings (SSSR count). The third-order valence-corrected chi connectivity index (χ3v) is 5.25. The zero-order chi connectivity index (χ0) is 25.5. The van der Waals surface area contributed by atoms with Gasteiger partial charge in [0.15, 0.2) is 6.04 Å². The molecule has 190 valence electrons. The molecular formula is C28H39N3O4. The minimum atomic E-state index is -1.35. The third-order valence-electron chi connectivity index (χ3n) is 5.25. The Hall–Kier alpha value is -3.35. The quantitative estimate of drug-likeness (QED) is 0.296. The van der Waals surface area contributed by atoms with Crippen LogP contribution in [0.15, 0.2) is 60.7 Å². The van der Waals surface area contributed by atoms with Crippen molar-refractivity contribution in [2.45, 2.75) is 70.9 Å². The van der Waals surface area contributed by atoms with Gasteiger partial charge < -0.3 is 20.7 Å². The molecule has 0 fully saturated rings. The Labute approximate surface area is 209 Å². The van der Waals surface area contributed by atoms with E-state index in [4.69, 9.17) is 4.74 Å². The molecule has 0 bridgehead atoms. The van der Waals surface area contributed by atoms with E-state index in [-0.39, 0.29) is 0 Å². The number of carbonyl (C=O) groups excluding carboxylic acids is 3. The Balaban J connectivity index is 1.79. The van der Waals surface area contributed by atoms with Gasteiger partial charge in [0, 0.05) is 13.1 Å². The fourth-order valence-corrected chi connectivity index (χ4v) is 3.50. The molecule has 0 saturated heterocycles. The second-order valence-corrected chi connectivity index (χ2v) is 9.55. The van der Waals surface area contributed by atoms with Crippen molar-refractivity contribution in [3.05, 3.63) is 71.8 Å². The first-order valence-electron chi connectivity index (χ1n) is 12.4. The molecule has 0 aliphatic heterocycles. The van der Waals surface area contributed by atoms with E-state index in [2.05, 4.69) is 40.2 Å². The van der Waals surface area contributed by atoms with Crippen LogP contribution in [0.2, 0.25) is 0 Å². The van der Waals surface area contributed by atoms with Gasteiger partial charge in [0.25, 0.3) is 11.8 Å². The van der Waals surface area contributed by atoms with Crippen molar-refractivity contribution in [2.75, 3.05) is 13.1 Å². The Kier molecular flexibility index (Phi) is 11.8. The zero-order valence-electron chi connectivity index (χ0n) is 21.1. The van der Waals surface area contributed by atoms with E-state index in [0.29, 0.717) is 13.1 Å². The highest BCUT2D eigenvalue weighted by Gasteiger charge is 2.30. The molecule has 0 saturated carbocycles. The number of carbonyl (C=O) groups is 3. The summed E-state index contributed by atoms with van der Waals surface area (Å²) < 4.78 is 5.24. The second-order valence-electron chi connectivity index (χ2n) is 9.55. The van der Waals surface area contributed by atoms with Gasteiger partial charge in [0.05, 0.1) is 0 Å². The Morgan fingerprint density at radius 3 is 1.54 bits per heavy atom. The van der Waals surface area contributed by atoms with Crippen molar-refractivity contribution in [2.24, 2.45) is 0 Å². The minimum absolute atomic E-state index is 0.419. The van der Waals surface area contributed by atoms with Gasteiger partial charge >= 0.3 is 6.09 Å². The van der Waals surface area contributed by atoms with Gasteiger partial charge in [-0.15, -0.1) is 0 Å². The summed E-state index contributed by atoms with van der Waals surface area (Å²) in [6.07, 6.45) is 4.37. The first-order valence-corrected chi connectivity index (χ1v) is 12.4. The van der Waals surface area contributed by atoms with Crippen LogP contribution in [0.1, 0.15) is 57.6 Å². The minimum Gasteiger partial charge on any atom is -0.444 e. The molecule has 0 aromatic heterocycles. The highest BCUT2D eigenvalue weighted by molar-refractivity contribution is 6.06. The molecule has 0 unspecified atom stereocenters. The van der Waals surface area contributed by atoms with Crippen LogP contribution in [0.25, 0.3) is 0 Å². The van der Waals surface area contributed by atoms with Gasteiger partial charge in [-0.2, -0.15) is 0 Å². The molecule has 2 aromatic rings. The first kappa shape index (κ1) is 27.9. The summed E-state index contributed by atoms with van der Waals surface area (Å²) in [5, 5.41) is 7.96. The lowest BCUT2D eigenvalue weighted by Gasteiger charge is -2.23. The van der Waals surface area contributed by atoms with Crippen molar-refractivity contribution in [1.29, 1.82) is 0 Å². The van der Waals surface area contributed by atoms with Crippen molar-refractivity contribution in [1.82, 2.24) is 16.0 Å². The van der Waals surface area contributed by atoms with Crippen molar-refractivity contribution in [3.63, 3.8) is 0 Å². The maximum Gasteiger partial charge on any atom is 0.408 e. The molecule has 0 atom stereocenters. The predicted octanol–water partition coefficient (Wildman–Crippen LogP) is 4.16. The number of aryl methyl sites for hydroxylation is 2. The number of hydrogen-bond donors (Lipinski definition) is 3. The smallest absolute Gasteiger partial charge is 0.408 e. The SMILES string of the molecule is CC(C)(C)OC(=O)NC(C(=O)NCCCCc1ccccc1)C(=O)NCCCCc1ccccc1. The standard InChI is InChI=1S/C28H39N3O4/c1-28(2,3)35-27(34)31-24(25(32)29-20-12-10-18-22-14-6-4-7-15-22)26(33)30-21-13-11-19-23-16-8-5-9-17-23/h4-9,14-17,24H,10-13,18-21H2,1-3H3,(H,29,32)(H,30,33)(H,31,34). The van der Waals surface area contributed by atoms with E-state index in [9.17, 15) is 14.4 Å². The maximum absolute atomic E-state index is 12.8. The van der Waals surface area contributed by atoms with Crippen molar-refractivity contribution < 1.29 is 19.1 Å². The van der Waals surface area contributed by atoms with Crippen LogP contribution >= 0.6 is 0 Å². The summed E-state index contributed by atoms with van der Waals surface area (Å²) in [4.78, 5) is 37.8. The second kappa shape index (κ2) is 14.8. The van der Waals surface area contributed by atoms with Crippen LogP contribution in [0, 0.1) is 0 Å².